The molecule has 4 N–H and O–H groups in total. The fraction of sp³-hybridized carbons (Fsp3) is 0.0556. The van der Waals surface area contributed by atoms with Crippen LogP contribution in [0.25, 0.3) is 0 Å². The highest BCUT2D eigenvalue weighted by Crippen LogP contribution is 2.16. The molecule has 3 aromatic rings. The van der Waals surface area contributed by atoms with E-state index in [4.69, 9.17) is 0 Å². The zero-order valence-corrected chi connectivity index (χ0v) is 15.3. The molecule has 0 atom stereocenters. The topological polar surface area (TPSA) is 129 Å². The van der Waals surface area contributed by atoms with Gasteiger partial charge < -0.3 is 10.4 Å². The molecule has 0 spiro atoms. The van der Waals surface area contributed by atoms with E-state index in [2.05, 4.69) is 31.4 Å². The van der Waals surface area contributed by atoms with Gasteiger partial charge in [-0.2, -0.15) is 5.10 Å². The molecule has 10 heteroatoms. The van der Waals surface area contributed by atoms with Crippen LogP contribution in [-0.2, 0) is 11.2 Å². The molecule has 0 saturated heterocycles. The van der Waals surface area contributed by atoms with Crippen molar-refractivity contribution in [2.45, 2.75) is 6.42 Å². The highest BCUT2D eigenvalue weighted by atomic mass is 32.1. The first kappa shape index (κ1) is 19.0. The Morgan fingerprint density at radius 3 is 2.54 bits per heavy atom. The normalized spacial score (nSPS) is 10.6. The van der Waals surface area contributed by atoms with Gasteiger partial charge in [0.2, 0.25) is 11.0 Å². The number of urea groups is 1. The van der Waals surface area contributed by atoms with E-state index in [-0.39, 0.29) is 23.2 Å². The summed E-state index contributed by atoms with van der Waals surface area (Å²) < 4.78 is 0. The Kier molecular flexibility index (Phi) is 6.26. The van der Waals surface area contributed by atoms with Crippen molar-refractivity contribution in [3.05, 3.63) is 65.2 Å². The van der Waals surface area contributed by atoms with Gasteiger partial charge in [-0.25, -0.2) is 10.2 Å². The third kappa shape index (κ3) is 5.88. The molecule has 0 bridgehead atoms. The summed E-state index contributed by atoms with van der Waals surface area (Å²) in [5.41, 5.74) is 3.76. The maximum absolute atomic E-state index is 11.9. The minimum atomic E-state index is -0.447. The number of phenolic OH excluding ortho intramolecular Hbond substituents is 1. The van der Waals surface area contributed by atoms with Crippen LogP contribution >= 0.6 is 11.3 Å². The molecule has 0 aliphatic heterocycles. The van der Waals surface area contributed by atoms with Crippen LogP contribution in [0.3, 0.4) is 0 Å². The molecule has 0 unspecified atom stereocenters. The van der Waals surface area contributed by atoms with Gasteiger partial charge in [-0.05, 0) is 42.0 Å². The van der Waals surface area contributed by atoms with E-state index in [0.29, 0.717) is 10.7 Å². The molecule has 3 amide bonds. The Balaban J connectivity index is 1.46. The van der Waals surface area contributed by atoms with Crippen LogP contribution in [0.5, 0.6) is 5.75 Å². The lowest BCUT2D eigenvalue weighted by molar-refractivity contribution is -0.120. The molecule has 3 rings (SSSR count). The minimum absolute atomic E-state index is 0.0213. The summed E-state index contributed by atoms with van der Waals surface area (Å²) in [6, 6.07) is 14.9. The highest BCUT2D eigenvalue weighted by molar-refractivity contribution is 7.15. The highest BCUT2D eigenvalue weighted by Gasteiger charge is 2.11. The van der Waals surface area contributed by atoms with Gasteiger partial charge in [0.1, 0.15) is 10.8 Å². The quantitative estimate of drug-likeness (QED) is 0.376. The molecule has 28 heavy (non-hydrogen) atoms. The average molecular weight is 396 g/mol. The first-order valence-corrected chi connectivity index (χ1v) is 8.96. The predicted octanol–water partition coefficient (Wildman–Crippen LogP) is 2.58. The standard InChI is InChI=1S/C18H16N6O3S/c25-14-8-6-12(7-9-14)11-19-22-15(26)10-16-23-24-18(28-16)21-17(27)20-13-4-2-1-3-5-13/h1-9,11,25H,10H2,(H,22,26)(H2,20,21,24,27). The molecule has 0 aliphatic rings. The number of amides is 3. The van der Waals surface area contributed by atoms with Crippen molar-refractivity contribution in [3.63, 3.8) is 0 Å². The third-order valence-electron chi connectivity index (χ3n) is 3.33. The molecule has 0 saturated carbocycles. The van der Waals surface area contributed by atoms with Gasteiger partial charge in [0.15, 0.2) is 0 Å². The lowest BCUT2D eigenvalue weighted by atomic mass is 10.2. The maximum Gasteiger partial charge on any atom is 0.325 e. The largest absolute Gasteiger partial charge is 0.508 e. The van der Waals surface area contributed by atoms with Gasteiger partial charge in [-0.1, -0.05) is 29.5 Å². The molecule has 0 aliphatic carbocycles. The van der Waals surface area contributed by atoms with Crippen LogP contribution in [-0.4, -0.2) is 33.5 Å². The molecule has 9 nitrogen and oxygen atoms in total. The van der Waals surface area contributed by atoms with Gasteiger partial charge >= 0.3 is 6.03 Å². The number of phenols is 1. The number of carbonyl (C=O) groups is 2. The summed E-state index contributed by atoms with van der Waals surface area (Å²) >= 11 is 1.10. The van der Waals surface area contributed by atoms with E-state index in [1.807, 2.05) is 6.07 Å². The van der Waals surface area contributed by atoms with Crippen LogP contribution < -0.4 is 16.1 Å². The maximum atomic E-state index is 11.9. The van der Waals surface area contributed by atoms with Crippen molar-refractivity contribution >= 4 is 40.3 Å². The van der Waals surface area contributed by atoms with Gasteiger partial charge in [0, 0.05) is 5.69 Å². The number of hydrogen-bond acceptors (Lipinski definition) is 7. The van der Waals surface area contributed by atoms with Crippen molar-refractivity contribution < 1.29 is 14.7 Å². The number of nitrogens with one attached hydrogen (secondary N) is 3. The summed E-state index contributed by atoms with van der Waals surface area (Å²) in [5.74, 6) is -0.217. The van der Waals surface area contributed by atoms with E-state index in [9.17, 15) is 14.7 Å². The fourth-order valence-corrected chi connectivity index (χ4v) is 2.81. The molecular formula is C18H16N6O3S. The van der Waals surface area contributed by atoms with Crippen molar-refractivity contribution in [1.82, 2.24) is 15.6 Å². The van der Waals surface area contributed by atoms with Crippen molar-refractivity contribution in [2.75, 3.05) is 10.6 Å². The van der Waals surface area contributed by atoms with Gasteiger partial charge in [-0.3, -0.25) is 10.1 Å². The Bertz CT molecular complexity index is 973. The number of nitrogens with zero attached hydrogens (tertiary/aromatic N) is 3. The number of rotatable bonds is 6. The van der Waals surface area contributed by atoms with Crippen LogP contribution in [0.4, 0.5) is 15.6 Å². The van der Waals surface area contributed by atoms with Crippen LogP contribution in [0.1, 0.15) is 10.6 Å². The first-order valence-electron chi connectivity index (χ1n) is 8.15. The summed E-state index contributed by atoms with van der Waals surface area (Å²) in [6.07, 6.45) is 1.44. The number of aromatic nitrogens is 2. The Labute approximate surface area is 164 Å². The Hall–Kier alpha value is -3.79. The Morgan fingerprint density at radius 1 is 1.04 bits per heavy atom. The average Bonchev–Trinajstić information content (AvgIpc) is 3.10. The number of benzene rings is 2. The van der Waals surface area contributed by atoms with Gasteiger partial charge in [-0.15, -0.1) is 10.2 Å². The molecule has 0 radical (unpaired) electrons. The van der Waals surface area contributed by atoms with Crippen molar-refractivity contribution in [3.8, 4) is 5.75 Å². The number of aromatic hydroxyl groups is 1. The second-order valence-electron chi connectivity index (χ2n) is 5.51. The number of carbonyl (C=O) groups excluding carboxylic acids is 2. The summed E-state index contributed by atoms with van der Waals surface area (Å²) in [4.78, 5) is 23.8. The molecule has 1 aromatic heterocycles. The van der Waals surface area contributed by atoms with Crippen LogP contribution in [0.2, 0.25) is 0 Å². The van der Waals surface area contributed by atoms with Crippen LogP contribution in [0, 0.1) is 0 Å². The minimum Gasteiger partial charge on any atom is -0.508 e. The van der Waals surface area contributed by atoms with Crippen LogP contribution in [0.15, 0.2) is 59.7 Å². The molecule has 1 heterocycles. The molecule has 0 fully saturated rings. The summed E-state index contributed by atoms with van der Waals surface area (Å²) in [6.45, 7) is 0. The number of hydrazone groups is 1. The van der Waals surface area contributed by atoms with E-state index in [1.54, 1.807) is 36.4 Å². The van der Waals surface area contributed by atoms with Crippen molar-refractivity contribution in [2.24, 2.45) is 5.10 Å². The Morgan fingerprint density at radius 2 is 1.79 bits per heavy atom. The second kappa shape index (κ2) is 9.24. The number of anilines is 2. The lowest BCUT2D eigenvalue weighted by Crippen LogP contribution is -2.19. The van der Waals surface area contributed by atoms with Gasteiger partial charge in [0.05, 0.1) is 12.6 Å². The second-order valence-corrected chi connectivity index (χ2v) is 6.57. The van der Waals surface area contributed by atoms with E-state index >= 15 is 0 Å². The molecular weight excluding hydrogens is 380 g/mol. The summed E-state index contributed by atoms with van der Waals surface area (Å²) in [7, 11) is 0. The first-order chi connectivity index (χ1) is 13.6. The smallest absolute Gasteiger partial charge is 0.325 e. The fourth-order valence-electron chi connectivity index (χ4n) is 2.07. The SMILES string of the molecule is O=C(Cc1nnc(NC(=O)Nc2ccccc2)s1)NN=Cc1ccc(O)cc1. The molecule has 2 aromatic carbocycles. The lowest BCUT2D eigenvalue weighted by Gasteiger charge is -2.03. The van der Waals surface area contributed by atoms with Gasteiger partial charge in [0.25, 0.3) is 0 Å². The summed E-state index contributed by atoms with van der Waals surface area (Å²) in [5, 5.41) is 26.7. The predicted molar refractivity (Wildman–Crippen MR) is 107 cm³/mol. The zero-order chi connectivity index (χ0) is 19.8. The number of hydrogen-bond donors (Lipinski definition) is 4. The van der Waals surface area contributed by atoms with E-state index < -0.39 is 6.03 Å². The van der Waals surface area contributed by atoms with E-state index in [1.165, 1.54) is 18.3 Å². The van der Waals surface area contributed by atoms with E-state index in [0.717, 1.165) is 16.9 Å². The molecule has 142 valence electrons. The third-order valence-corrected chi connectivity index (χ3v) is 4.17. The zero-order valence-electron chi connectivity index (χ0n) is 14.5. The number of para-hydroxylation sites is 1. The van der Waals surface area contributed by atoms with Crippen molar-refractivity contribution in [1.29, 1.82) is 0 Å². The monoisotopic (exact) mass is 396 g/mol.